The predicted octanol–water partition coefficient (Wildman–Crippen LogP) is 1.32. The molecule has 1 N–H and O–H groups in total. The highest BCUT2D eigenvalue weighted by molar-refractivity contribution is 5.81. The van der Waals surface area contributed by atoms with Crippen LogP contribution >= 0.6 is 0 Å². The number of likely N-dealkylation sites (tertiary alicyclic amines) is 2. The number of aliphatic carboxylic acids is 1. The molecule has 2 aliphatic heterocycles. The molecule has 0 radical (unpaired) electrons. The van der Waals surface area contributed by atoms with Gasteiger partial charge in [0.1, 0.15) is 6.04 Å². The summed E-state index contributed by atoms with van der Waals surface area (Å²) in [5.74, 6) is -0.710. The van der Waals surface area contributed by atoms with Crippen molar-refractivity contribution in [3.05, 3.63) is 0 Å². The van der Waals surface area contributed by atoms with Crippen molar-refractivity contribution in [3.8, 4) is 0 Å². The van der Waals surface area contributed by atoms with Gasteiger partial charge in [-0.05, 0) is 52.5 Å². The quantitative estimate of drug-likeness (QED) is 0.838. The zero-order chi connectivity index (χ0) is 14.0. The smallest absolute Gasteiger partial charge is 0.320 e. The molecule has 0 aliphatic carbocycles. The minimum Gasteiger partial charge on any atom is -0.480 e. The summed E-state index contributed by atoms with van der Waals surface area (Å²) in [5.41, 5.74) is 0. The summed E-state index contributed by atoms with van der Waals surface area (Å²) in [4.78, 5) is 27.3. The van der Waals surface area contributed by atoms with Gasteiger partial charge in [-0.15, -0.1) is 0 Å². The second kappa shape index (κ2) is 5.90. The van der Waals surface area contributed by atoms with Crippen molar-refractivity contribution >= 4 is 11.9 Å². The van der Waals surface area contributed by atoms with Crippen LogP contribution in [0.25, 0.3) is 0 Å². The fraction of sp³-hybridized carbons (Fsp3) is 0.857. The lowest BCUT2D eigenvalue weighted by atomic mass is 9.97. The molecule has 19 heavy (non-hydrogen) atoms. The standard InChI is InChI=1S/C14H24N2O3/c1-10-5-3-6-11(2)16(10)13(17)9-15-8-4-7-12(15)14(18)19/h10-12H,3-9H2,1-2H3,(H,18,19)/t10?,11?,12-/m1/s1. The molecular weight excluding hydrogens is 244 g/mol. The van der Waals surface area contributed by atoms with Gasteiger partial charge in [-0.2, -0.15) is 0 Å². The SMILES string of the molecule is CC1CCCC(C)N1C(=O)CN1CCC[C@@H]1C(=O)O. The maximum Gasteiger partial charge on any atom is 0.320 e. The molecule has 2 unspecified atom stereocenters. The molecule has 0 spiro atoms. The summed E-state index contributed by atoms with van der Waals surface area (Å²) in [7, 11) is 0. The summed E-state index contributed by atoms with van der Waals surface area (Å²) < 4.78 is 0. The van der Waals surface area contributed by atoms with E-state index in [0.717, 1.165) is 25.8 Å². The second-order valence-electron chi connectivity index (χ2n) is 5.90. The molecule has 0 aromatic heterocycles. The van der Waals surface area contributed by atoms with E-state index in [1.165, 1.54) is 6.42 Å². The highest BCUT2D eigenvalue weighted by Crippen LogP contribution is 2.24. The van der Waals surface area contributed by atoms with E-state index >= 15 is 0 Å². The topological polar surface area (TPSA) is 60.9 Å². The number of hydrogen-bond donors (Lipinski definition) is 1. The molecule has 1 amide bonds. The molecule has 0 aromatic rings. The van der Waals surface area contributed by atoms with Gasteiger partial charge in [0.25, 0.3) is 0 Å². The second-order valence-corrected chi connectivity index (χ2v) is 5.90. The third-order valence-corrected chi connectivity index (χ3v) is 4.47. The van der Waals surface area contributed by atoms with Crippen LogP contribution in [0.1, 0.15) is 46.0 Å². The lowest BCUT2D eigenvalue weighted by molar-refractivity contribution is -0.144. The number of amides is 1. The van der Waals surface area contributed by atoms with Crippen molar-refractivity contribution in [1.82, 2.24) is 9.80 Å². The molecule has 5 heteroatoms. The molecule has 2 fully saturated rings. The Bertz CT molecular complexity index is 349. The van der Waals surface area contributed by atoms with E-state index in [1.54, 1.807) is 0 Å². The molecule has 2 saturated heterocycles. The van der Waals surface area contributed by atoms with Gasteiger partial charge >= 0.3 is 5.97 Å². The van der Waals surface area contributed by atoms with Gasteiger partial charge in [0.2, 0.25) is 5.91 Å². The molecule has 2 rings (SSSR count). The number of rotatable bonds is 3. The molecule has 3 atom stereocenters. The zero-order valence-corrected chi connectivity index (χ0v) is 11.8. The van der Waals surface area contributed by atoms with Crippen molar-refractivity contribution in [1.29, 1.82) is 0 Å². The molecule has 5 nitrogen and oxygen atoms in total. The van der Waals surface area contributed by atoms with Gasteiger partial charge in [-0.25, -0.2) is 0 Å². The zero-order valence-electron chi connectivity index (χ0n) is 11.8. The monoisotopic (exact) mass is 268 g/mol. The number of carboxylic acids is 1. The minimum absolute atomic E-state index is 0.0906. The van der Waals surface area contributed by atoms with Crippen LogP contribution in [0.15, 0.2) is 0 Å². The number of piperidine rings is 1. The van der Waals surface area contributed by atoms with Crippen molar-refractivity contribution in [2.24, 2.45) is 0 Å². The molecule has 2 aliphatic rings. The number of nitrogens with zero attached hydrogens (tertiary/aromatic N) is 2. The van der Waals surface area contributed by atoms with E-state index in [-0.39, 0.29) is 24.5 Å². The Labute approximate surface area is 114 Å². The Balaban J connectivity index is 1.98. The average Bonchev–Trinajstić information content (AvgIpc) is 2.76. The van der Waals surface area contributed by atoms with E-state index in [0.29, 0.717) is 6.42 Å². The van der Waals surface area contributed by atoms with Gasteiger partial charge in [-0.1, -0.05) is 0 Å². The van der Waals surface area contributed by atoms with Gasteiger partial charge in [0, 0.05) is 12.1 Å². The summed E-state index contributed by atoms with van der Waals surface area (Å²) in [6.07, 6.45) is 4.81. The van der Waals surface area contributed by atoms with Crippen LogP contribution in [0.3, 0.4) is 0 Å². The minimum atomic E-state index is -0.801. The highest BCUT2D eigenvalue weighted by Gasteiger charge is 2.35. The van der Waals surface area contributed by atoms with E-state index in [2.05, 4.69) is 13.8 Å². The van der Waals surface area contributed by atoms with Crippen molar-refractivity contribution in [3.63, 3.8) is 0 Å². The molecule has 0 saturated carbocycles. The first-order valence-corrected chi connectivity index (χ1v) is 7.28. The maximum absolute atomic E-state index is 12.4. The highest BCUT2D eigenvalue weighted by atomic mass is 16.4. The fourth-order valence-electron chi connectivity index (χ4n) is 3.46. The molecule has 0 aromatic carbocycles. The summed E-state index contributed by atoms with van der Waals surface area (Å²) in [5, 5.41) is 9.14. The Morgan fingerprint density at radius 3 is 2.32 bits per heavy atom. The number of carbonyl (C=O) groups is 2. The third-order valence-electron chi connectivity index (χ3n) is 4.47. The first-order valence-electron chi connectivity index (χ1n) is 7.28. The van der Waals surface area contributed by atoms with Gasteiger partial charge in [0.05, 0.1) is 6.54 Å². The van der Waals surface area contributed by atoms with E-state index in [1.807, 2.05) is 9.80 Å². The molecule has 2 heterocycles. The summed E-state index contributed by atoms with van der Waals surface area (Å²) in [6.45, 7) is 5.16. The van der Waals surface area contributed by atoms with Crippen molar-refractivity contribution < 1.29 is 14.7 Å². The number of carboxylic acid groups (broad SMARTS) is 1. The van der Waals surface area contributed by atoms with Crippen molar-refractivity contribution in [2.45, 2.75) is 64.1 Å². The lowest BCUT2D eigenvalue weighted by Gasteiger charge is -2.40. The summed E-state index contributed by atoms with van der Waals surface area (Å²) >= 11 is 0. The van der Waals surface area contributed by atoms with Gasteiger partial charge in [-0.3, -0.25) is 14.5 Å². The average molecular weight is 268 g/mol. The first kappa shape index (κ1) is 14.3. The molecule has 0 bridgehead atoms. The summed E-state index contributed by atoms with van der Waals surface area (Å²) in [6, 6.07) is 0.0867. The van der Waals surface area contributed by atoms with Crippen LogP contribution in [0.4, 0.5) is 0 Å². The number of carbonyl (C=O) groups excluding carboxylic acids is 1. The largest absolute Gasteiger partial charge is 0.480 e. The maximum atomic E-state index is 12.4. The van der Waals surface area contributed by atoms with Crippen molar-refractivity contribution in [2.75, 3.05) is 13.1 Å². The predicted molar refractivity (Wildman–Crippen MR) is 71.9 cm³/mol. The number of hydrogen-bond acceptors (Lipinski definition) is 3. The van der Waals surface area contributed by atoms with E-state index in [4.69, 9.17) is 5.11 Å². The van der Waals surface area contributed by atoms with Gasteiger partial charge < -0.3 is 10.0 Å². The van der Waals surface area contributed by atoms with E-state index < -0.39 is 12.0 Å². The fourth-order valence-corrected chi connectivity index (χ4v) is 3.46. The van der Waals surface area contributed by atoms with Crippen LogP contribution in [-0.4, -0.2) is 58.0 Å². The first-order chi connectivity index (χ1) is 9.00. The third kappa shape index (κ3) is 3.08. The van der Waals surface area contributed by atoms with Crippen LogP contribution < -0.4 is 0 Å². The van der Waals surface area contributed by atoms with Gasteiger partial charge in [0.15, 0.2) is 0 Å². The Morgan fingerprint density at radius 2 is 1.74 bits per heavy atom. The molecule has 108 valence electrons. The van der Waals surface area contributed by atoms with Crippen LogP contribution in [-0.2, 0) is 9.59 Å². The van der Waals surface area contributed by atoms with E-state index in [9.17, 15) is 9.59 Å². The Kier molecular flexibility index (Phi) is 4.45. The molecular formula is C14H24N2O3. The van der Waals surface area contributed by atoms with Crippen LogP contribution in [0.5, 0.6) is 0 Å². The Morgan fingerprint density at radius 1 is 1.11 bits per heavy atom. The lowest BCUT2D eigenvalue weighted by Crippen LogP contribution is -2.52. The van der Waals surface area contributed by atoms with Crippen LogP contribution in [0, 0.1) is 0 Å². The normalized spacial score (nSPS) is 32.5. The Hall–Kier alpha value is -1.10. The van der Waals surface area contributed by atoms with Crippen LogP contribution in [0.2, 0.25) is 0 Å².